The topological polar surface area (TPSA) is 46.5 Å². The smallest absolute Gasteiger partial charge is 0.311 e. The molecule has 1 rings (SSSR count). The molecule has 3 heteroatoms. The highest BCUT2D eigenvalue weighted by Crippen LogP contribution is 2.17. The van der Waals surface area contributed by atoms with Crippen molar-refractivity contribution in [3.8, 4) is 0 Å². The van der Waals surface area contributed by atoms with Crippen molar-refractivity contribution in [3.05, 3.63) is 35.9 Å². The molecule has 1 aromatic carbocycles. The maximum atomic E-state index is 11.6. The summed E-state index contributed by atoms with van der Waals surface area (Å²) in [5.74, 6) is -0.910. The summed E-state index contributed by atoms with van der Waals surface area (Å²) >= 11 is 0. The summed E-state index contributed by atoms with van der Waals surface area (Å²) < 4.78 is 5.12. The van der Waals surface area contributed by atoms with Crippen LogP contribution in [0.2, 0.25) is 0 Å². The number of ether oxygens (including phenoxy) is 1. The molecule has 0 saturated carbocycles. The van der Waals surface area contributed by atoms with Crippen molar-refractivity contribution in [3.63, 3.8) is 0 Å². The standard InChI is InChI=1S/C13H18O3/c1-10(13(2,3)15)12(14)16-9-11-7-5-4-6-8-11/h4-8,10,15H,9H2,1-3H3/t10-/m0/s1. The van der Waals surface area contributed by atoms with Crippen molar-refractivity contribution in [1.82, 2.24) is 0 Å². The minimum atomic E-state index is -1.05. The van der Waals surface area contributed by atoms with Crippen LogP contribution in [0.4, 0.5) is 0 Å². The highest BCUT2D eigenvalue weighted by molar-refractivity contribution is 5.73. The normalized spacial score (nSPS) is 13.2. The van der Waals surface area contributed by atoms with Gasteiger partial charge in [0.05, 0.1) is 11.5 Å². The van der Waals surface area contributed by atoms with Gasteiger partial charge < -0.3 is 9.84 Å². The van der Waals surface area contributed by atoms with Crippen molar-refractivity contribution in [1.29, 1.82) is 0 Å². The first-order valence-corrected chi connectivity index (χ1v) is 5.34. The van der Waals surface area contributed by atoms with Gasteiger partial charge in [-0.2, -0.15) is 0 Å². The third kappa shape index (κ3) is 3.66. The summed E-state index contributed by atoms with van der Waals surface area (Å²) in [4.78, 5) is 11.6. The zero-order valence-electron chi connectivity index (χ0n) is 9.93. The Morgan fingerprint density at radius 3 is 2.44 bits per heavy atom. The first-order chi connectivity index (χ1) is 7.41. The molecule has 0 aromatic heterocycles. The number of hydrogen-bond acceptors (Lipinski definition) is 3. The summed E-state index contributed by atoms with van der Waals surface area (Å²) in [6.07, 6.45) is 0. The molecule has 1 N–H and O–H groups in total. The van der Waals surface area contributed by atoms with Crippen molar-refractivity contribution in [2.45, 2.75) is 33.0 Å². The molecule has 3 nitrogen and oxygen atoms in total. The van der Waals surface area contributed by atoms with Gasteiger partial charge in [-0.15, -0.1) is 0 Å². The van der Waals surface area contributed by atoms with Crippen LogP contribution in [0.25, 0.3) is 0 Å². The molecule has 0 aliphatic carbocycles. The summed E-state index contributed by atoms with van der Waals surface area (Å²) in [7, 11) is 0. The van der Waals surface area contributed by atoms with E-state index in [4.69, 9.17) is 4.74 Å². The van der Waals surface area contributed by atoms with Crippen molar-refractivity contribution >= 4 is 5.97 Å². The van der Waals surface area contributed by atoms with Crippen LogP contribution in [0.3, 0.4) is 0 Å². The zero-order chi connectivity index (χ0) is 12.2. The quantitative estimate of drug-likeness (QED) is 0.794. The van der Waals surface area contributed by atoms with Crippen LogP contribution in [0.1, 0.15) is 26.3 Å². The summed E-state index contributed by atoms with van der Waals surface area (Å²) in [5, 5.41) is 9.65. The van der Waals surface area contributed by atoms with Gasteiger partial charge in [-0.3, -0.25) is 4.79 Å². The van der Waals surface area contributed by atoms with Gasteiger partial charge in [0, 0.05) is 0 Å². The number of aliphatic hydroxyl groups is 1. The molecular weight excluding hydrogens is 204 g/mol. The first kappa shape index (κ1) is 12.7. The second-order valence-electron chi connectivity index (χ2n) is 4.47. The fraction of sp³-hybridized carbons (Fsp3) is 0.462. The Labute approximate surface area is 96.1 Å². The molecule has 0 aliphatic heterocycles. The van der Waals surface area contributed by atoms with E-state index in [2.05, 4.69) is 0 Å². The Bertz CT molecular complexity index is 338. The van der Waals surface area contributed by atoms with Crippen LogP contribution in [0, 0.1) is 5.92 Å². The lowest BCUT2D eigenvalue weighted by molar-refractivity contribution is -0.156. The third-order valence-electron chi connectivity index (χ3n) is 2.64. The maximum absolute atomic E-state index is 11.6. The van der Waals surface area contributed by atoms with E-state index in [-0.39, 0.29) is 12.6 Å². The minimum Gasteiger partial charge on any atom is -0.461 e. The molecule has 88 valence electrons. The summed E-state index contributed by atoms with van der Waals surface area (Å²) in [6.45, 7) is 5.11. The largest absolute Gasteiger partial charge is 0.461 e. The molecule has 16 heavy (non-hydrogen) atoms. The monoisotopic (exact) mass is 222 g/mol. The molecule has 1 atom stereocenters. The number of carbonyl (C=O) groups is 1. The van der Waals surface area contributed by atoms with Gasteiger partial charge in [-0.1, -0.05) is 30.3 Å². The molecule has 0 saturated heterocycles. The van der Waals surface area contributed by atoms with Crippen LogP contribution in [0.5, 0.6) is 0 Å². The average Bonchev–Trinajstić information content (AvgIpc) is 2.25. The SMILES string of the molecule is C[C@@H](C(=O)OCc1ccccc1)C(C)(C)O. The molecule has 0 bridgehead atoms. The lowest BCUT2D eigenvalue weighted by Gasteiger charge is -2.23. The van der Waals surface area contributed by atoms with Gasteiger partial charge in [0.25, 0.3) is 0 Å². The number of esters is 1. The Kier molecular flexibility index (Phi) is 4.07. The third-order valence-corrected chi connectivity index (χ3v) is 2.64. The van der Waals surface area contributed by atoms with Gasteiger partial charge in [0.1, 0.15) is 6.61 Å². The van der Waals surface area contributed by atoms with Crippen LogP contribution in [-0.2, 0) is 16.1 Å². The molecule has 0 amide bonds. The van der Waals surface area contributed by atoms with E-state index in [0.717, 1.165) is 5.56 Å². The Morgan fingerprint density at radius 1 is 1.38 bits per heavy atom. The van der Waals surface area contributed by atoms with E-state index in [0.29, 0.717) is 0 Å². The van der Waals surface area contributed by atoms with Gasteiger partial charge in [-0.05, 0) is 26.3 Å². The Morgan fingerprint density at radius 2 is 1.94 bits per heavy atom. The van der Waals surface area contributed by atoms with Gasteiger partial charge in [0.2, 0.25) is 0 Å². The second kappa shape index (κ2) is 5.12. The van der Waals surface area contributed by atoms with Crippen LogP contribution >= 0.6 is 0 Å². The molecule has 0 heterocycles. The Balaban J connectivity index is 2.48. The predicted molar refractivity (Wildman–Crippen MR) is 61.7 cm³/mol. The minimum absolute atomic E-state index is 0.250. The molecule has 0 unspecified atom stereocenters. The van der Waals surface area contributed by atoms with E-state index in [1.54, 1.807) is 20.8 Å². The van der Waals surface area contributed by atoms with E-state index < -0.39 is 11.5 Å². The molecule has 0 spiro atoms. The second-order valence-corrected chi connectivity index (χ2v) is 4.47. The average molecular weight is 222 g/mol. The fourth-order valence-corrected chi connectivity index (χ4v) is 1.14. The summed E-state index contributed by atoms with van der Waals surface area (Å²) in [6, 6.07) is 9.47. The van der Waals surface area contributed by atoms with E-state index >= 15 is 0 Å². The molecular formula is C13H18O3. The van der Waals surface area contributed by atoms with Crippen molar-refractivity contribution < 1.29 is 14.6 Å². The van der Waals surface area contributed by atoms with Crippen molar-refractivity contribution in [2.24, 2.45) is 5.92 Å². The summed E-state index contributed by atoms with van der Waals surface area (Å²) in [5.41, 5.74) is -0.105. The lowest BCUT2D eigenvalue weighted by Crippen LogP contribution is -2.35. The number of carbonyl (C=O) groups excluding carboxylic acids is 1. The van der Waals surface area contributed by atoms with Gasteiger partial charge >= 0.3 is 5.97 Å². The predicted octanol–water partition coefficient (Wildman–Crippen LogP) is 2.14. The molecule has 0 radical (unpaired) electrons. The zero-order valence-corrected chi connectivity index (χ0v) is 9.93. The van der Waals surface area contributed by atoms with Crippen molar-refractivity contribution in [2.75, 3.05) is 0 Å². The van der Waals surface area contributed by atoms with Crippen LogP contribution in [-0.4, -0.2) is 16.7 Å². The number of benzene rings is 1. The van der Waals surface area contributed by atoms with Crippen LogP contribution in [0.15, 0.2) is 30.3 Å². The molecule has 0 fully saturated rings. The first-order valence-electron chi connectivity index (χ1n) is 5.34. The molecule has 0 aliphatic rings. The Hall–Kier alpha value is -1.35. The lowest BCUT2D eigenvalue weighted by atomic mass is 9.93. The van der Waals surface area contributed by atoms with E-state index in [9.17, 15) is 9.90 Å². The molecule has 1 aromatic rings. The number of rotatable bonds is 4. The number of hydrogen-bond donors (Lipinski definition) is 1. The van der Waals surface area contributed by atoms with Crippen LogP contribution < -0.4 is 0 Å². The fourth-order valence-electron chi connectivity index (χ4n) is 1.14. The van der Waals surface area contributed by atoms with Gasteiger partial charge in [-0.25, -0.2) is 0 Å². The maximum Gasteiger partial charge on any atom is 0.311 e. The van der Waals surface area contributed by atoms with E-state index in [1.807, 2.05) is 30.3 Å². The van der Waals surface area contributed by atoms with E-state index in [1.165, 1.54) is 0 Å². The highest BCUT2D eigenvalue weighted by atomic mass is 16.5. The van der Waals surface area contributed by atoms with Gasteiger partial charge in [0.15, 0.2) is 0 Å². The highest BCUT2D eigenvalue weighted by Gasteiger charge is 2.30.